The molecular formula is C31H45N3O5SSi. The minimum absolute atomic E-state index is 0.0493. The van der Waals surface area contributed by atoms with Gasteiger partial charge in [0.15, 0.2) is 8.32 Å². The highest BCUT2D eigenvalue weighted by molar-refractivity contribution is 7.87. The molecule has 0 unspecified atom stereocenters. The first-order chi connectivity index (χ1) is 18.9. The molecule has 224 valence electrons. The van der Waals surface area contributed by atoms with E-state index in [1.165, 1.54) is 0 Å². The van der Waals surface area contributed by atoms with Gasteiger partial charge in [0.05, 0.1) is 12.3 Å². The van der Waals surface area contributed by atoms with Gasteiger partial charge in [-0.1, -0.05) is 44.5 Å². The molecule has 41 heavy (non-hydrogen) atoms. The Kier molecular flexibility index (Phi) is 9.93. The van der Waals surface area contributed by atoms with Crippen LogP contribution < -0.4 is 14.7 Å². The number of nitrogens with two attached hydrogens (primary N) is 1. The maximum atomic E-state index is 13.4. The number of hydrogen-bond donors (Lipinski definition) is 1. The monoisotopic (exact) mass is 599 g/mol. The Hall–Kier alpha value is -2.95. The molecule has 0 atom stereocenters. The molecule has 2 N–H and O–H groups in total. The maximum absolute atomic E-state index is 13.4. The Morgan fingerprint density at radius 2 is 1.54 bits per heavy atom. The zero-order valence-electron chi connectivity index (χ0n) is 26.1. The Morgan fingerprint density at radius 3 is 2.12 bits per heavy atom. The van der Waals surface area contributed by atoms with E-state index < -0.39 is 18.4 Å². The highest BCUT2D eigenvalue weighted by atomic mass is 32.2. The van der Waals surface area contributed by atoms with E-state index in [0.29, 0.717) is 42.0 Å². The van der Waals surface area contributed by atoms with Gasteiger partial charge in [-0.25, -0.2) is 4.98 Å². The van der Waals surface area contributed by atoms with E-state index in [-0.39, 0.29) is 21.8 Å². The van der Waals surface area contributed by atoms with Gasteiger partial charge in [0, 0.05) is 25.0 Å². The average molecular weight is 600 g/mol. The molecule has 1 aromatic heterocycles. The molecule has 0 aliphatic rings. The third-order valence-corrected chi connectivity index (χ3v) is 13.8. The summed E-state index contributed by atoms with van der Waals surface area (Å²) in [5, 5.41) is 0.183. The van der Waals surface area contributed by atoms with Gasteiger partial charge in [-0.2, -0.15) is 13.4 Å². The van der Waals surface area contributed by atoms with E-state index in [1.807, 2.05) is 44.2 Å². The second-order valence-electron chi connectivity index (χ2n) is 12.3. The molecule has 8 nitrogen and oxygen atoms in total. The molecule has 1 heterocycles. The van der Waals surface area contributed by atoms with Crippen LogP contribution in [-0.2, 0) is 21.0 Å². The van der Waals surface area contributed by atoms with Gasteiger partial charge >= 0.3 is 10.1 Å². The summed E-state index contributed by atoms with van der Waals surface area (Å²) in [5.74, 6) is 0.663. The van der Waals surface area contributed by atoms with Crippen LogP contribution in [0.3, 0.4) is 0 Å². The van der Waals surface area contributed by atoms with E-state index in [4.69, 9.17) is 19.1 Å². The Balaban J connectivity index is 1.76. The zero-order chi connectivity index (χ0) is 30.8. The number of hydrogen-bond acceptors (Lipinski definition) is 8. The summed E-state index contributed by atoms with van der Waals surface area (Å²) >= 11 is 0. The van der Waals surface area contributed by atoms with E-state index in [1.54, 1.807) is 20.8 Å². The Labute approximate surface area is 246 Å². The SMILES string of the molecule is Cc1cc(C)c(S(=O)(=O)Oc2nc(N)nc(C)c2Cc2ccc(OCCCO[Si](C)(C)C(C)(C)C)cc2C)c(C)c1. The van der Waals surface area contributed by atoms with Crippen molar-refractivity contribution in [1.82, 2.24) is 9.97 Å². The molecule has 0 saturated carbocycles. The lowest BCUT2D eigenvalue weighted by Crippen LogP contribution is -2.41. The van der Waals surface area contributed by atoms with Crippen LogP contribution in [0.5, 0.6) is 11.6 Å². The molecule has 10 heteroatoms. The van der Waals surface area contributed by atoms with Crippen LogP contribution in [0.1, 0.15) is 66.3 Å². The van der Waals surface area contributed by atoms with Crippen LogP contribution in [0.4, 0.5) is 5.95 Å². The van der Waals surface area contributed by atoms with Crippen molar-refractivity contribution in [2.75, 3.05) is 18.9 Å². The fourth-order valence-electron chi connectivity index (χ4n) is 4.51. The number of aromatic nitrogens is 2. The van der Waals surface area contributed by atoms with E-state index >= 15 is 0 Å². The fraction of sp³-hybridized carbons (Fsp3) is 0.484. The first-order valence-electron chi connectivity index (χ1n) is 13.9. The molecular weight excluding hydrogens is 555 g/mol. The average Bonchev–Trinajstić information content (AvgIpc) is 2.80. The minimum atomic E-state index is -4.16. The quantitative estimate of drug-likeness (QED) is 0.146. The minimum Gasteiger partial charge on any atom is -0.494 e. The first kappa shape index (κ1) is 32.6. The van der Waals surface area contributed by atoms with Gasteiger partial charge in [-0.3, -0.25) is 0 Å². The second kappa shape index (κ2) is 12.5. The summed E-state index contributed by atoms with van der Waals surface area (Å²) in [6.45, 7) is 21.6. The van der Waals surface area contributed by atoms with Crippen molar-refractivity contribution in [2.45, 2.75) is 91.3 Å². The molecule has 0 aliphatic carbocycles. The van der Waals surface area contributed by atoms with Crippen molar-refractivity contribution in [2.24, 2.45) is 0 Å². The number of aryl methyl sites for hydroxylation is 5. The molecule has 0 aliphatic heterocycles. The Bertz CT molecular complexity index is 1490. The third kappa shape index (κ3) is 8.08. The summed E-state index contributed by atoms with van der Waals surface area (Å²) in [5.41, 5.74) is 11.2. The van der Waals surface area contributed by atoms with Crippen LogP contribution >= 0.6 is 0 Å². The highest BCUT2D eigenvalue weighted by Crippen LogP contribution is 2.36. The predicted octanol–water partition coefficient (Wildman–Crippen LogP) is 6.75. The van der Waals surface area contributed by atoms with Crippen LogP contribution in [-0.4, -0.2) is 39.9 Å². The lowest BCUT2D eigenvalue weighted by atomic mass is 10.00. The van der Waals surface area contributed by atoms with Crippen molar-refractivity contribution in [3.63, 3.8) is 0 Å². The van der Waals surface area contributed by atoms with E-state index in [9.17, 15) is 8.42 Å². The third-order valence-electron chi connectivity index (χ3n) is 7.74. The summed E-state index contributed by atoms with van der Waals surface area (Å²) in [7, 11) is -5.93. The highest BCUT2D eigenvalue weighted by Gasteiger charge is 2.36. The Morgan fingerprint density at radius 1 is 0.902 bits per heavy atom. The van der Waals surface area contributed by atoms with Crippen molar-refractivity contribution in [1.29, 1.82) is 0 Å². The number of anilines is 1. The summed E-state index contributed by atoms with van der Waals surface area (Å²) < 4.78 is 44.7. The lowest BCUT2D eigenvalue weighted by molar-refractivity contribution is 0.233. The van der Waals surface area contributed by atoms with Crippen LogP contribution in [0.25, 0.3) is 0 Å². The van der Waals surface area contributed by atoms with Crippen LogP contribution in [0.2, 0.25) is 18.1 Å². The summed E-state index contributed by atoms with van der Waals surface area (Å²) in [6, 6.07) is 9.50. The second-order valence-corrected chi connectivity index (χ2v) is 18.6. The standard InChI is InChI=1S/C31H45N3O5SSi/c1-20-16-22(3)28(23(4)17-20)40(35,36)39-29-27(24(5)33-30(32)34-29)19-25-12-13-26(18-21(25)2)37-14-11-15-38-41(9,10)31(6,7)8/h12-13,16-18H,11,14-15,19H2,1-10H3,(H2,32,33,34). The molecule has 0 fully saturated rings. The topological polar surface area (TPSA) is 114 Å². The van der Waals surface area contributed by atoms with Crippen molar-refractivity contribution >= 4 is 24.4 Å². The smallest absolute Gasteiger partial charge is 0.341 e. The number of ether oxygens (including phenoxy) is 1. The van der Waals surface area contributed by atoms with Gasteiger partial charge in [0.1, 0.15) is 10.6 Å². The van der Waals surface area contributed by atoms with Crippen molar-refractivity contribution < 1.29 is 21.8 Å². The molecule has 3 aromatic rings. The normalized spacial score (nSPS) is 12.4. The van der Waals surface area contributed by atoms with Crippen molar-refractivity contribution in [3.8, 4) is 11.6 Å². The number of nitrogen functional groups attached to an aromatic ring is 1. The van der Waals surface area contributed by atoms with Crippen LogP contribution in [0, 0.1) is 34.6 Å². The van der Waals surface area contributed by atoms with Gasteiger partial charge in [0.25, 0.3) is 0 Å². The fourth-order valence-corrected chi connectivity index (χ4v) is 6.93. The molecule has 3 rings (SSSR count). The predicted molar refractivity (Wildman–Crippen MR) is 167 cm³/mol. The summed E-state index contributed by atoms with van der Waals surface area (Å²) in [6.07, 6.45) is 1.18. The lowest BCUT2D eigenvalue weighted by Gasteiger charge is -2.36. The molecule has 0 radical (unpaired) electrons. The molecule has 0 bridgehead atoms. The maximum Gasteiger partial charge on any atom is 0.341 e. The zero-order valence-corrected chi connectivity index (χ0v) is 28.0. The molecule has 0 amide bonds. The number of benzene rings is 2. The number of rotatable bonds is 11. The van der Waals surface area contributed by atoms with Crippen molar-refractivity contribution in [3.05, 3.63) is 69.4 Å². The van der Waals surface area contributed by atoms with Crippen LogP contribution in [0.15, 0.2) is 35.2 Å². The van der Waals surface area contributed by atoms with Gasteiger partial charge in [-0.05, 0) is 87.1 Å². The first-order valence-corrected chi connectivity index (χ1v) is 18.2. The van der Waals surface area contributed by atoms with Gasteiger partial charge in [0.2, 0.25) is 11.8 Å². The van der Waals surface area contributed by atoms with E-state index in [2.05, 4.69) is 43.8 Å². The van der Waals surface area contributed by atoms with Gasteiger partial charge in [-0.15, -0.1) is 0 Å². The largest absolute Gasteiger partial charge is 0.494 e. The number of nitrogens with zero attached hydrogens (tertiary/aromatic N) is 2. The molecule has 0 spiro atoms. The summed E-state index contributed by atoms with van der Waals surface area (Å²) in [4.78, 5) is 8.60. The molecule has 2 aromatic carbocycles. The van der Waals surface area contributed by atoms with Gasteiger partial charge < -0.3 is 19.1 Å². The van der Waals surface area contributed by atoms with E-state index in [0.717, 1.165) is 28.9 Å². The molecule has 0 saturated heterocycles.